The quantitative estimate of drug-likeness (QED) is 0.273. The van der Waals surface area contributed by atoms with Crippen molar-refractivity contribution < 1.29 is 0 Å². The van der Waals surface area contributed by atoms with Gasteiger partial charge in [-0.3, -0.25) is 0 Å². The average molecular weight is 103 g/mol. The molecular formula is C3H3ClN2. The molecule has 1 rings (SSSR count). The van der Waals surface area contributed by atoms with Crippen LogP contribution < -0.4 is 0 Å². The summed E-state index contributed by atoms with van der Waals surface area (Å²) in [7, 11) is 0. The third-order valence-electron chi connectivity index (χ3n) is 0.551. The third-order valence-corrected chi connectivity index (χ3v) is 0.856. The summed E-state index contributed by atoms with van der Waals surface area (Å²) >= 11 is 5.38. The molecule has 0 bridgehead atoms. The van der Waals surface area contributed by atoms with E-state index in [1.165, 1.54) is 6.08 Å². The van der Waals surface area contributed by atoms with Gasteiger partial charge in [0.15, 0.2) is 0 Å². The second-order valence-corrected chi connectivity index (χ2v) is 1.60. The van der Waals surface area contributed by atoms with Crippen molar-refractivity contribution in [3.05, 3.63) is 12.7 Å². The van der Waals surface area contributed by atoms with Gasteiger partial charge in [-0.05, 0) is 6.08 Å². The maximum atomic E-state index is 5.38. The fourth-order valence-electron chi connectivity index (χ4n) is 0.129. The van der Waals surface area contributed by atoms with E-state index in [9.17, 15) is 0 Å². The van der Waals surface area contributed by atoms with Crippen LogP contribution in [0, 0.1) is 0 Å². The van der Waals surface area contributed by atoms with Crippen molar-refractivity contribution in [1.82, 2.24) is 0 Å². The number of hydrogen-bond donors (Lipinski definition) is 0. The van der Waals surface area contributed by atoms with Gasteiger partial charge in [0.05, 0.1) is 0 Å². The molecule has 0 unspecified atom stereocenters. The molecule has 0 atom stereocenters. The zero-order valence-electron chi connectivity index (χ0n) is 3.06. The molecule has 3 heteroatoms. The molecule has 0 amide bonds. The van der Waals surface area contributed by atoms with E-state index in [0.29, 0.717) is 0 Å². The lowest BCUT2D eigenvalue weighted by Crippen LogP contribution is -1.88. The number of nitrogens with zero attached hydrogens (tertiary/aromatic N) is 2. The Labute approximate surface area is 40.5 Å². The summed E-state index contributed by atoms with van der Waals surface area (Å²) in [6.07, 6.45) is 1.48. The highest BCUT2D eigenvalue weighted by molar-refractivity contribution is 6.26. The molecular weight excluding hydrogens is 99.5 g/mol. The highest BCUT2D eigenvalue weighted by atomic mass is 35.5. The normalized spacial score (nSPS) is 23.5. The van der Waals surface area contributed by atoms with Crippen molar-refractivity contribution in [3.63, 3.8) is 0 Å². The molecule has 0 saturated carbocycles. The van der Waals surface area contributed by atoms with Crippen LogP contribution in [0.4, 0.5) is 0 Å². The van der Waals surface area contributed by atoms with Crippen LogP contribution in [-0.4, -0.2) is 5.12 Å². The first-order chi connectivity index (χ1) is 2.77. The first kappa shape index (κ1) is 3.81. The zero-order chi connectivity index (χ0) is 4.62. The lowest BCUT2D eigenvalue weighted by atomic mass is 10.6. The predicted octanol–water partition coefficient (Wildman–Crippen LogP) is 1.53. The summed E-state index contributed by atoms with van der Waals surface area (Å²) in [4.78, 5) is 0. The van der Waals surface area contributed by atoms with E-state index in [0.717, 1.165) is 0 Å². The van der Waals surface area contributed by atoms with Gasteiger partial charge in [0.2, 0.25) is 0 Å². The number of hydrogen-bond acceptors (Lipinski definition) is 2. The van der Waals surface area contributed by atoms with Gasteiger partial charge in [-0.25, -0.2) is 0 Å². The molecule has 0 spiro atoms. The van der Waals surface area contributed by atoms with E-state index in [-0.39, 0.29) is 0 Å². The monoisotopic (exact) mass is 102 g/mol. The van der Waals surface area contributed by atoms with Gasteiger partial charge >= 0.3 is 0 Å². The highest BCUT2D eigenvalue weighted by Crippen LogP contribution is 2.32. The summed E-state index contributed by atoms with van der Waals surface area (Å²) in [5.74, 6) is 0. The predicted molar refractivity (Wildman–Crippen MR) is 23.6 cm³/mol. The van der Waals surface area contributed by atoms with Crippen LogP contribution in [0.15, 0.2) is 22.9 Å². The van der Waals surface area contributed by atoms with Crippen LogP contribution in [0.2, 0.25) is 0 Å². The topological polar surface area (TPSA) is 24.7 Å². The Balaban J connectivity index is 2.52. The van der Waals surface area contributed by atoms with Crippen LogP contribution in [-0.2, 0) is 0 Å². The average Bonchev–Trinajstić information content (AvgIpc) is 2.22. The van der Waals surface area contributed by atoms with Gasteiger partial charge in [-0.2, -0.15) is 0 Å². The fourth-order valence-corrected chi connectivity index (χ4v) is 0.167. The second kappa shape index (κ2) is 0.819. The fraction of sp³-hybridized carbons (Fsp3) is 0.333. The van der Waals surface area contributed by atoms with Gasteiger partial charge in [0.25, 0.3) is 5.12 Å². The van der Waals surface area contributed by atoms with Gasteiger partial charge in [0, 0.05) is 0 Å². The van der Waals surface area contributed by atoms with E-state index >= 15 is 0 Å². The molecule has 1 heterocycles. The van der Waals surface area contributed by atoms with Crippen molar-refractivity contribution in [1.29, 1.82) is 0 Å². The Morgan fingerprint density at radius 2 is 2.17 bits per heavy atom. The Morgan fingerprint density at radius 3 is 2.17 bits per heavy atom. The maximum absolute atomic E-state index is 5.38. The Hall–Kier alpha value is -0.370. The Kier molecular flexibility index (Phi) is 0.520. The molecule has 2 nitrogen and oxygen atoms in total. The van der Waals surface area contributed by atoms with Crippen LogP contribution in [0.25, 0.3) is 0 Å². The molecule has 6 heavy (non-hydrogen) atoms. The van der Waals surface area contributed by atoms with Crippen LogP contribution in [0.5, 0.6) is 0 Å². The molecule has 0 aliphatic carbocycles. The van der Waals surface area contributed by atoms with E-state index in [4.69, 9.17) is 11.6 Å². The first-order valence-electron chi connectivity index (χ1n) is 1.53. The molecule has 0 N–H and O–H groups in total. The minimum Gasteiger partial charge on any atom is -0.136 e. The summed E-state index contributed by atoms with van der Waals surface area (Å²) in [5, 5.41) is 6.13. The van der Waals surface area contributed by atoms with Gasteiger partial charge in [0.1, 0.15) is 0 Å². The Bertz CT molecular complexity index is 101. The molecule has 1 aliphatic rings. The van der Waals surface area contributed by atoms with Crippen molar-refractivity contribution in [2.75, 3.05) is 0 Å². The molecule has 0 fully saturated rings. The number of rotatable bonds is 1. The lowest BCUT2D eigenvalue weighted by Gasteiger charge is -1.80. The van der Waals surface area contributed by atoms with Gasteiger partial charge in [-0.15, -0.1) is 10.2 Å². The van der Waals surface area contributed by atoms with E-state index in [2.05, 4.69) is 16.8 Å². The first-order valence-corrected chi connectivity index (χ1v) is 1.91. The van der Waals surface area contributed by atoms with Crippen LogP contribution >= 0.6 is 11.6 Å². The van der Waals surface area contributed by atoms with Gasteiger partial charge < -0.3 is 0 Å². The molecule has 0 radical (unpaired) electrons. The van der Waals surface area contributed by atoms with Crippen LogP contribution in [0.3, 0.4) is 0 Å². The summed E-state index contributed by atoms with van der Waals surface area (Å²) < 4.78 is 0. The summed E-state index contributed by atoms with van der Waals surface area (Å²) in [6.45, 7) is 3.38. The largest absolute Gasteiger partial charge is 0.281 e. The SMILES string of the molecule is C=CC1(Cl)N=N1. The molecule has 0 aromatic heterocycles. The summed E-state index contributed by atoms with van der Waals surface area (Å²) in [5.41, 5.74) is 0. The standard InChI is InChI=1S/C3H3ClN2/c1-2-3(4)5-6-3/h2H,1H2. The minimum absolute atomic E-state index is 0.722. The minimum atomic E-state index is -0.722. The van der Waals surface area contributed by atoms with Crippen molar-refractivity contribution in [2.24, 2.45) is 10.2 Å². The lowest BCUT2D eigenvalue weighted by molar-refractivity contribution is 1.09. The molecule has 0 saturated heterocycles. The Morgan fingerprint density at radius 1 is 1.67 bits per heavy atom. The van der Waals surface area contributed by atoms with Crippen LogP contribution in [0.1, 0.15) is 0 Å². The second-order valence-electron chi connectivity index (χ2n) is 1.04. The molecule has 0 aromatic carbocycles. The smallest absolute Gasteiger partial charge is 0.136 e. The molecule has 1 aliphatic heterocycles. The van der Waals surface area contributed by atoms with Gasteiger partial charge in [-0.1, -0.05) is 18.2 Å². The van der Waals surface area contributed by atoms with E-state index in [1.807, 2.05) is 0 Å². The van der Waals surface area contributed by atoms with Crippen molar-refractivity contribution in [3.8, 4) is 0 Å². The third kappa shape index (κ3) is 0.431. The number of alkyl halides is 1. The highest BCUT2D eigenvalue weighted by Gasteiger charge is 2.32. The maximum Gasteiger partial charge on any atom is 0.281 e. The zero-order valence-corrected chi connectivity index (χ0v) is 3.81. The molecule has 0 aromatic rings. The molecule has 32 valence electrons. The van der Waals surface area contributed by atoms with E-state index in [1.54, 1.807) is 0 Å². The van der Waals surface area contributed by atoms with E-state index < -0.39 is 5.12 Å². The number of halogens is 1. The van der Waals surface area contributed by atoms with Crippen molar-refractivity contribution in [2.45, 2.75) is 5.12 Å². The van der Waals surface area contributed by atoms with Crippen molar-refractivity contribution >= 4 is 11.6 Å². The summed E-state index contributed by atoms with van der Waals surface area (Å²) in [6, 6.07) is 0.